The van der Waals surface area contributed by atoms with Gasteiger partial charge in [0.1, 0.15) is 12.1 Å². The minimum Gasteiger partial charge on any atom is -0.397 e. The van der Waals surface area contributed by atoms with E-state index < -0.39 is 0 Å². The van der Waals surface area contributed by atoms with Crippen LogP contribution in [0.25, 0.3) is 0 Å². The van der Waals surface area contributed by atoms with Crippen molar-refractivity contribution in [3.8, 4) is 0 Å². The van der Waals surface area contributed by atoms with Gasteiger partial charge >= 0.3 is 0 Å². The van der Waals surface area contributed by atoms with Gasteiger partial charge in [-0.05, 0) is 31.4 Å². The third-order valence-electron chi connectivity index (χ3n) is 2.77. The van der Waals surface area contributed by atoms with Gasteiger partial charge < -0.3 is 15.4 Å². The SMILES string of the molecule is Nc1ccc(N2CCCCC2C=O)nc1. The number of nitrogens with zero attached hydrogens (tertiary/aromatic N) is 2. The molecule has 0 saturated carbocycles. The van der Waals surface area contributed by atoms with Gasteiger partial charge in [0.25, 0.3) is 0 Å². The molecule has 2 rings (SSSR count). The highest BCUT2D eigenvalue weighted by atomic mass is 16.1. The third-order valence-corrected chi connectivity index (χ3v) is 2.77. The maximum Gasteiger partial charge on any atom is 0.142 e. The molecule has 1 aliphatic heterocycles. The molecule has 0 aromatic carbocycles. The van der Waals surface area contributed by atoms with Gasteiger partial charge in [-0.2, -0.15) is 0 Å². The average molecular weight is 205 g/mol. The smallest absolute Gasteiger partial charge is 0.142 e. The van der Waals surface area contributed by atoms with Crippen LogP contribution in [0, 0.1) is 0 Å². The molecular weight excluding hydrogens is 190 g/mol. The van der Waals surface area contributed by atoms with Crippen LogP contribution in [0.5, 0.6) is 0 Å². The number of aldehydes is 1. The van der Waals surface area contributed by atoms with Crippen LogP contribution in [0.3, 0.4) is 0 Å². The largest absolute Gasteiger partial charge is 0.397 e. The van der Waals surface area contributed by atoms with Crippen molar-refractivity contribution in [2.45, 2.75) is 25.3 Å². The summed E-state index contributed by atoms with van der Waals surface area (Å²) in [5, 5.41) is 0. The van der Waals surface area contributed by atoms with Crippen molar-refractivity contribution in [3.05, 3.63) is 18.3 Å². The van der Waals surface area contributed by atoms with Crippen LogP contribution in [-0.2, 0) is 4.79 Å². The predicted octanol–water partition coefficient (Wildman–Crippen LogP) is 1.22. The van der Waals surface area contributed by atoms with Gasteiger partial charge in [0.15, 0.2) is 0 Å². The van der Waals surface area contributed by atoms with E-state index in [0.29, 0.717) is 5.69 Å². The number of nitrogens with two attached hydrogens (primary N) is 1. The van der Waals surface area contributed by atoms with Crippen LogP contribution in [-0.4, -0.2) is 23.9 Å². The zero-order chi connectivity index (χ0) is 10.7. The lowest BCUT2D eigenvalue weighted by molar-refractivity contribution is -0.109. The van der Waals surface area contributed by atoms with E-state index in [-0.39, 0.29) is 6.04 Å². The summed E-state index contributed by atoms with van der Waals surface area (Å²) in [5.41, 5.74) is 6.22. The van der Waals surface area contributed by atoms with Gasteiger partial charge in [0, 0.05) is 6.54 Å². The van der Waals surface area contributed by atoms with E-state index in [1.54, 1.807) is 6.20 Å². The number of piperidine rings is 1. The predicted molar refractivity (Wildman–Crippen MR) is 59.7 cm³/mol. The van der Waals surface area contributed by atoms with Crippen molar-refractivity contribution in [3.63, 3.8) is 0 Å². The van der Waals surface area contributed by atoms with Crippen molar-refractivity contribution in [2.24, 2.45) is 0 Å². The summed E-state index contributed by atoms with van der Waals surface area (Å²) in [4.78, 5) is 17.2. The summed E-state index contributed by atoms with van der Waals surface area (Å²) in [6, 6.07) is 3.67. The van der Waals surface area contributed by atoms with Crippen LogP contribution in [0.4, 0.5) is 11.5 Å². The fourth-order valence-electron chi connectivity index (χ4n) is 1.95. The van der Waals surface area contributed by atoms with Gasteiger partial charge in [-0.15, -0.1) is 0 Å². The second-order valence-corrected chi connectivity index (χ2v) is 3.84. The fraction of sp³-hybridized carbons (Fsp3) is 0.455. The normalized spacial score (nSPS) is 21.3. The first kappa shape index (κ1) is 9.96. The number of hydrogen-bond donors (Lipinski definition) is 1. The molecule has 0 spiro atoms. The van der Waals surface area contributed by atoms with Crippen molar-refractivity contribution in [2.75, 3.05) is 17.2 Å². The number of pyridine rings is 1. The van der Waals surface area contributed by atoms with Crippen molar-refractivity contribution >= 4 is 17.8 Å². The fourth-order valence-corrected chi connectivity index (χ4v) is 1.95. The number of anilines is 2. The third kappa shape index (κ3) is 2.09. The first-order chi connectivity index (χ1) is 7.31. The quantitative estimate of drug-likeness (QED) is 0.737. The summed E-state index contributed by atoms with van der Waals surface area (Å²) in [6.07, 6.45) is 5.81. The van der Waals surface area contributed by atoms with E-state index in [9.17, 15) is 4.79 Å². The maximum absolute atomic E-state index is 10.9. The monoisotopic (exact) mass is 205 g/mol. The standard InChI is InChI=1S/C11H15N3O/c12-9-4-5-11(13-7-9)14-6-2-1-3-10(14)8-15/h4-5,7-8,10H,1-3,6,12H2. The van der Waals surface area contributed by atoms with Gasteiger partial charge in [-0.3, -0.25) is 0 Å². The Kier molecular flexibility index (Phi) is 2.85. The molecule has 4 nitrogen and oxygen atoms in total. The van der Waals surface area contributed by atoms with Gasteiger partial charge in [-0.25, -0.2) is 4.98 Å². The zero-order valence-corrected chi connectivity index (χ0v) is 8.60. The molecule has 2 heterocycles. The lowest BCUT2D eigenvalue weighted by Gasteiger charge is -2.33. The minimum absolute atomic E-state index is 0.0186. The molecule has 1 aromatic rings. The molecule has 1 atom stereocenters. The van der Waals surface area contributed by atoms with Crippen LogP contribution in [0.1, 0.15) is 19.3 Å². The number of hydrogen-bond acceptors (Lipinski definition) is 4. The average Bonchev–Trinajstić information content (AvgIpc) is 2.30. The summed E-state index contributed by atoms with van der Waals surface area (Å²) in [5.74, 6) is 0.848. The molecule has 1 fully saturated rings. The number of aromatic nitrogens is 1. The molecule has 0 aliphatic carbocycles. The topological polar surface area (TPSA) is 59.2 Å². The van der Waals surface area contributed by atoms with E-state index in [1.165, 1.54) is 0 Å². The summed E-state index contributed by atoms with van der Waals surface area (Å²) >= 11 is 0. The number of rotatable bonds is 2. The Hall–Kier alpha value is -1.58. The van der Waals surface area contributed by atoms with Crippen LogP contribution >= 0.6 is 0 Å². The summed E-state index contributed by atoms with van der Waals surface area (Å²) < 4.78 is 0. The van der Waals surface area contributed by atoms with E-state index in [0.717, 1.165) is 37.9 Å². The zero-order valence-electron chi connectivity index (χ0n) is 8.60. The highest BCUT2D eigenvalue weighted by Gasteiger charge is 2.22. The molecule has 1 unspecified atom stereocenters. The number of carbonyl (C=O) groups is 1. The second kappa shape index (κ2) is 4.29. The van der Waals surface area contributed by atoms with Gasteiger partial charge in [-0.1, -0.05) is 0 Å². The molecule has 80 valence electrons. The molecule has 1 aliphatic rings. The summed E-state index contributed by atoms with van der Waals surface area (Å²) in [7, 11) is 0. The van der Waals surface area contributed by atoms with Gasteiger partial charge in [0.2, 0.25) is 0 Å². The summed E-state index contributed by atoms with van der Waals surface area (Å²) in [6.45, 7) is 0.903. The van der Waals surface area contributed by atoms with Crippen molar-refractivity contribution < 1.29 is 4.79 Å². The van der Waals surface area contributed by atoms with E-state index in [1.807, 2.05) is 12.1 Å². The Labute approximate surface area is 89.1 Å². The Morgan fingerprint density at radius 1 is 1.47 bits per heavy atom. The second-order valence-electron chi connectivity index (χ2n) is 3.84. The lowest BCUT2D eigenvalue weighted by Crippen LogP contribution is -2.41. The Morgan fingerprint density at radius 2 is 2.33 bits per heavy atom. The number of nitrogen functional groups attached to an aromatic ring is 1. The molecule has 4 heteroatoms. The van der Waals surface area contributed by atoms with Gasteiger partial charge in [0.05, 0.1) is 17.9 Å². The molecule has 0 radical (unpaired) electrons. The van der Waals surface area contributed by atoms with Crippen molar-refractivity contribution in [1.82, 2.24) is 4.98 Å². The minimum atomic E-state index is -0.0186. The van der Waals surface area contributed by atoms with Crippen LogP contribution in [0.15, 0.2) is 18.3 Å². The Balaban J connectivity index is 2.20. The first-order valence-corrected chi connectivity index (χ1v) is 5.25. The molecule has 0 amide bonds. The maximum atomic E-state index is 10.9. The van der Waals surface area contributed by atoms with Crippen molar-refractivity contribution in [1.29, 1.82) is 0 Å². The molecule has 15 heavy (non-hydrogen) atoms. The Morgan fingerprint density at radius 3 is 3.00 bits per heavy atom. The lowest BCUT2D eigenvalue weighted by atomic mass is 10.0. The Bertz CT molecular complexity index is 336. The molecular formula is C11H15N3O. The molecule has 2 N–H and O–H groups in total. The highest BCUT2D eigenvalue weighted by Crippen LogP contribution is 2.22. The molecule has 0 bridgehead atoms. The van der Waals surface area contributed by atoms with E-state index >= 15 is 0 Å². The van der Waals surface area contributed by atoms with Crippen LogP contribution in [0.2, 0.25) is 0 Å². The highest BCUT2D eigenvalue weighted by molar-refractivity contribution is 5.65. The molecule has 1 aromatic heterocycles. The van der Waals surface area contributed by atoms with E-state index in [4.69, 9.17) is 5.73 Å². The van der Waals surface area contributed by atoms with E-state index in [2.05, 4.69) is 9.88 Å². The first-order valence-electron chi connectivity index (χ1n) is 5.25. The van der Waals surface area contributed by atoms with Crippen LogP contribution < -0.4 is 10.6 Å². The molecule has 1 saturated heterocycles. The number of carbonyl (C=O) groups excluding carboxylic acids is 1.